The molecule has 3 rings (SSSR count). The number of hydrogen-bond donors (Lipinski definition) is 2. The van der Waals surface area contributed by atoms with Crippen LogP contribution in [-0.2, 0) is 0 Å². The van der Waals surface area contributed by atoms with Gasteiger partial charge in [0.05, 0.1) is 19.3 Å². The SMILES string of the molecule is OCCOc1ccc(NC2CCCOc3ccc(F)cc32)cc1. The number of nitrogens with one attached hydrogen (secondary N) is 1. The quantitative estimate of drug-likeness (QED) is 0.886. The number of rotatable bonds is 5. The third-order valence-corrected chi connectivity index (χ3v) is 3.80. The van der Waals surface area contributed by atoms with Crippen molar-refractivity contribution in [2.24, 2.45) is 0 Å². The first-order valence-electron chi connectivity index (χ1n) is 7.79. The summed E-state index contributed by atoms with van der Waals surface area (Å²) in [6, 6.07) is 12.2. The van der Waals surface area contributed by atoms with Crippen LogP contribution in [0.2, 0.25) is 0 Å². The molecule has 122 valence electrons. The molecule has 0 aromatic heterocycles. The zero-order valence-corrected chi connectivity index (χ0v) is 12.8. The third-order valence-electron chi connectivity index (χ3n) is 3.80. The van der Waals surface area contributed by atoms with E-state index in [0.717, 1.165) is 29.8 Å². The second kappa shape index (κ2) is 7.33. The number of benzene rings is 2. The largest absolute Gasteiger partial charge is 0.493 e. The van der Waals surface area contributed by atoms with Gasteiger partial charge in [-0.2, -0.15) is 0 Å². The maximum Gasteiger partial charge on any atom is 0.124 e. The van der Waals surface area contributed by atoms with Crippen LogP contribution in [0.25, 0.3) is 0 Å². The van der Waals surface area contributed by atoms with Crippen molar-refractivity contribution in [1.29, 1.82) is 0 Å². The molecule has 0 aliphatic carbocycles. The molecule has 0 bridgehead atoms. The van der Waals surface area contributed by atoms with Gasteiger partial charge in [-0.15, -0.1) is 0 Å². The molecule has 23 heavy (non-hydrogen) atoms. The highest BCUT2D eigenvalue weighted by Gasteiger charge is 2.20. The Morgan fingerprint density at radius 2 is 2.04 bits per heavy atom. The number of aliphatic hydroxyl groups excluding tert-OH is 1. The molecule has 4 nitrogen and oxygen atoms in total. The van der Waals surface area contributed by atoms with Gasteiger partial charge < -0.3 is 19.9 Å². The molecule has 0 saturated carbocycles. The molecule has 2 aromatic carbocycles. The summed E-state index contributed by atoms with van der Waals surface area (Å²) in [5.74, 6) is 1.19. The van der Waals surface area contributed by atoms with Crippen molar-refractivity contribution < 1.29 is 19.0 Å². The Bertz CT molecular complexity index is 645. The maximum absolute atomic E-state index is 13.6. The minimum Gasteiger partial charge on any atom is -0.493 e. The van der Waals surface area contributed by atoms with Gasteiger partial charge in [-0.05, 0) is 55.3 Å². The van der Waals surface area contributed by atoms with E-state index in [2.05, 4.69) is 5.32 Å². The number of fused-ring (bicyclic) bond motifs is 1. The van der Waals surface area contributed by atoms with E-state index in [0.29, 0.717) is 12.4 Å². The van der Waals surface area contributed by atoms with E-state index in [1.54, 1.807) is 6.07 Å². The van der Waals surface area contributed by atoms with Crippen LogP contribution in [0.3, 0.4) is 0 Å². The molecule has 1 atom stereocenters. The van der Waals surface area contributed by atoms with Crippen molar-refractivity contribution in [3.8, 4) is 11.5 Å². The van der Waals surface area contributed by atoms with E-state index in [1.807, 2.05) is 24.3 Å². The molecule has 1 unspecified atom stereocenters. The van der Waals surface area contributed by atoms with Gasteiger partial charge in [0.2, 0.25) is 0 Å². The smallest absolute Gasteiger partial charge is 0.124 e. The van der Waals surface area contributed by atoms with Crippen molar-refractivity contribution in [1.82, 2.24) is 0 Å². The molecular formula is C18H20FNO3. The molecule has 2 aromatic rings. The fourth-order valence-electron chi connectivity index (χ4n) is 2.71. The lowest BCUT2D eigenvalue weighted by molar-refractivity contribution is 0.201. The van der Waals surface area contributed by atoms with Crippen LogP contribution in [0.4, 0.5) is 10.1 Å². The fraction of sp³-hybridized carbons (Fsp3) is 0.333. The average molecular weight is 317 g/mol. The Hall–Kier alpha value is -2.27. The van der Waals surface area contributed by atoms with Gasteiger partial charge in [-0.1, -0.05) is 0 Å². The number of aliphatic hydroxyl groups is 1. The number of halogens is 1. The van der Waals surface area contributed by atoms with Gasteiger partial charge in [0, 0.05) is 11.3 Å². The number of anilines is 1. The Morgan fingerprint density at radius 3 is 2.83 bits per heavy atom. The van der Waals surface area contributed by atoms with Gasteiger partial charge in [-0.3, -0.25) is 0 Å². The fourth-order valence-corrected chi connectivity index (χ4v) is 2.71. The summed E-state index contributed by atoms with van der Waals surface area (Å²) in [5.41, 5.74) is 1.78. The highest BCUT2D eigenvalue weighted by molar-refractivity contribution is 5.50. The van der Waals surface area contributed by atoms with Gasteiger partial charge in [0.25, 0.3) is 0 Å². The van der Waals surface area contributed by atoms with Crippen LogP contribution in [0.15, 0.2) is 42.5 Å². The highest BCUT2D eigenvalue weighted by Crippen LogP contribution is 2.34. The summed E-state index contributed by atoms with van der Waals surface area (Å²) in [7, 11) is 0. The first-order chi connectivity index (χ1) is 11.3. The molecule has 5 heteroatoms. The molecule has 2 N–H and O–H groups in total. The van der Waals surface area contributed by atoms with Crippen LogP contribution < -0.4 is 14.8 Å². The van der Waals surface area contributed by atoms with Gasteiger partial charge in [-0.25, -0.2) is 4.39 Å². The number of ether oxygens (including phenoxy) is 2. The van der Waals surface area contributed by atoms with E-state index >= 15 is 0 Å². The minimum absolute atomic E-state index is 0.00686. The summed E-state index contributed by atoms with van der Waals surface area (Å²) in [4.78, 5) is 0. The lowest BCUT2D eigenvalue weighted by Gasteiger charge is -2.20. The van der Waals surface area contributed by atoms with Gasteiger partial charge >= 0.3 is 0 Å². The normalized spacial score (nSPS) is 16.9. The number of hydrogen-bond acceptors (Lipinski definition) is 4. The summed E-state index contributed by atoms with van der Waals surface area (Å²) in [6.45, 7) is 0.911. The molecule has 0 fully saturated rings. The zero-order chi connectivity index (χ0) is 16.1. The predicted molar refractivity (Wildman–Crippen MR) is 86.5 cm³/mol. The Balaban J connectivity index is 1.76. The molecule has 0 saturated heterocycles. The van der Waals surface area contributed by atoms with Crippen molar-refractivity contribution >= 4 is 5.69 Å². The second-order valence-corrected chi connectivity index (χ2v) is 5.47. The van der Waals surface area contributed by atoms with Crippen molar-refractivity contribution in [2.75, 3.05) is 25.1 Å². The predicted octanol–water partition coefficient (Wildman–Crippen LogP) is 3.52. The first-order valence-corrected chi connectivity index (χ1v) is 7.79. The first kappa shape index (κ1) is 15.6. The summed E-state index contributed by atoms with van der Waals surface area (Å²) >= 11 is 0. The lowest BCUT2D eigenvalue weighted by atomic mass is 10.0. The molecular weight excluding hydrogens is 297 g/mol. The average Bonchev–Trinajstić information content (AvgIpc) is 2.76. The molecule has 1 heterocycles. The van der Waals surface area contributed by atoms with E-state index in [9.17, 15) is 4.39 Å². The van der Waals surface area contributed by atoms with Crippen LogP contribution in [0.1, 0.15) is 24.4 Å². The zero-order valence-electron chi connectivity index (χ0n) is 12.8. The van der Waals surface area contributed by atoms with Crippen molar-refractivity contribution in [2.45, 2.75) is 18.9 Å². The molecule has 0 amide bonds. The Kier molecular flexibility index (Phi) is 4.98. The van der Waals surface area contributed by atoms with E-state index in [4.69, 9.17) is 14.6 Å². The van der Waals surface area contributed by atoms with E-state index in [1.165, 1.54) is 12.1 Å². The van der Waals surface area contributed by atoms with Crippen molar-refractivity contribution in [3.05, 3.63) is 53.8 Å². The summed E-state index contributed by atoms with van der Waals surface area (Å²) in [6.07, 6.45) is 1.78. The van der Waals surface area contributed by atoms with Crippen LogP contribution in [0.5, 0.6) is 11.5 Å². The molecule has 0 spiro atoms. The van der Waals surface area contributed by atoms with Gasteiger partial charge in [0.15, 0.2) is 0 Å². The minimum atomic E-state index is -0.256. The summed E-state index contributed by atoms with van der Waals surface area (Å²) in [5, 5.41) is 12.2. The lowest BCUT2D eigenvalue weighted by Crippen LogP contribution is -2.10. The van der Waals surface area contributed by atoms with Crippen LogP contribution >= 0.6 is 0 Å². The van der Waals surface area contributed by atoms with E-state index in [-0.39, 0.29) is 25.1 Å². The van der Waals surface area contributed by atoms with E-state index < -0.39 is 0 Å². The standard InChI is InChI=1S/C18H20FNO3/c19-13-3-8-18-16(12-13)17(2-1-10-23-18)20-14-4-6-15(7-5-14)22-11-9-21/h3-8,12,17,20-21H,1-2,9-11H2. The molecule has 1 aliphatic heterocycles. The topological polar surface area (TPSA) is 50.7 Å². The third kappa shape index (κ3) is 3.93. The maximum atomic E-state index is 13.6. The Morgan fingerprint density at radius 1 is 1.22 bits per heavy atom. The molecule has 1 aliphatic rings. The van der Waals surface area contributed by atoms with Crippen molar-refractivity contribution in [3.63, 3.8) is 0 Å². The second-order valence-electron chi connectivity index (χ2n) is 5.47. The van der Waals surface area contributed by atoms with Crippen LogP contribution in [0, 0.1) is 5.82 Å². The summed E-state index contributed by atoms with van der Waals surface area (Å²) < 4.78 is 24.6. The Labute approximate surface area is 134 Å². The van der Waals surface area contributed by atoms with Crippen LogP contribution in [-0.4, -0.2) is 24.9 Å². The molecule has 0 radical (unpaired) electrons. The monoisotopic (exact) mass is 317 g/mol. The highest BCUT2D eigenvalue weighted by atomic mass is 19.1. The van der Waals surface area contributed by atoms with Gasteiger partial charge in [0.1, 0.15) is 23.9 Å².